The number of fused-ring (bicyclic) bond motifs is 1. The van der Waals surface area contributed by atoms with Gasteiger partial charge < -0.3 is 9.84 Å². The second-order valence-electron chi connectivity index (χ2n) is 6.44. The van der Waals surface area contributed by atoms with E-state index in [-0.39, 0.29) is 5.75 Å². The molecule has 1 unspecified atom stereocenters. The van der Waals surface area contributed by atoms with Gasteiger partial charge in [0.2, 0.25) is 5.60 Å². The lowest BCUT2D eigenvalue weighted by molar-refractivity contribution is -0.266. The number of rotatable bonds is 1. The summed E-state index contributed by atoms with van der Waals surface area (Å²) in [5.41, 5.74) is -4.07. The van der Waals surface area contributed by atoms with E-state index in [2.05, 4.69) is 0 Å². The molecule has 1 heterocycles. The van der Waals surface area contributed by atoms with Crippen molar-refractivity contribution in [3.05, 3.63) is 34.9 Å². The van der Waals surface area contributed by atoms with Crippen molar-refractivity contribution in [2.45, 2.75) is 39.5 Å². The Labute approximate surface area is 126 Å². The third kappa shape index (κ3) is 2.26. The van der Waals surface area contributed by atoms with Crippen molar-refractivity contribution in [3.8, 4) is 5.75 Å². The predicted octanol–water partition coefficient (Wildman–Crippen LogP) is 4.20. The molecule has 0 spiro atoms. The fourth-order valence-corrected chi connectivity index (χ4v) is 2.76. The number of carbonyl (C=O) groups is 1. The summed E-state index contributed by atoms with van der Waals surface area (Å²) in [6, 6.07) is 4.66. The maximum absolute atomic E-state index is 13.8. The number of aryl methyl sites for hydroxylation is 1. The first-order valence-corrected chi connectivity index (χ1v) is 6.72. The van der Waals surface area contributed by atoms with Crippen LogP contribution in [0.5, 0.6) is 5.75 Å². The molecule has 120 valence electrons. The Kier molecular flexibility index (Phi) is 3.55. The first-order chi connectivity index (χ1) is 9.90. The van der Waals surface area contributed by atoms with Crippen LogP contribution in [-0.2, 0) is 4.79 Å². The van der Waals surface area contributed by atoms with Crippen molar-refractivity contribution < 1.29 is 27.8 Å². The van der Waals surface area contributed by atoms with E-state index >= 15 is 0 Å². The normalized spacial score (nSPS) is 21.7. The molecule has 1 atom stereocenters. The standard InChI is InChI=1S/C16H17F3O3/c1-9-5-6-12-10(7-9)8-11(13(20)21)15(22-12,14(2,3)4)16(17,18)19/h5-8H,1-4H3,(H,20,21). The smallest absolute Gasteiger partial charge is 0.433 e. The van der Waals surface area contributed by atoms with Gasteiger partial charge >= 0.3 is 12.1 Å². The summed E-state index contributed by atoms with van der Waals surface area (Å²) in [5, 5.41) is 9.35. The van der Waals surface area contributed by atoms with Crippen molar-refractivity contribution in [2.75, 3.05) is 0 Å². The SMILES string of the molecule is Cc1ccc2c(c1)C=C(C(=O)O)C(C(C)(C)C)(C(F)(F)F)O2. The molecule has 2 rings (SSSR count). The topological polar surface area (TPSA) is 46.5 Å². The van der Waals surface area contributed by atoms with E-state index in [4.69, 9.17) is 4.74 Å². The molecule has 0 saturated carbocycles. The minimum absolute atomic E-state index is 0.0304. The third-order valence-corrected chi connectivity index (χ3v) is 3.79. The third-order valence-electron chi connectivity index (χ3n) is 3.79. The minimum atomic E-state index is -4.88. The van der Waals surface area contributed by atoms with Gasteiger partial charge in [0.1, 0.15) is 5.75 Å². The average molecular weight is 314 g/mol. The van der Waals surface area contributed by atoms with E-state index in [1.807, 2.05) is 0 Å². The summed E-state index contributed by atoms with van der Waals surface area (Å²) in [6.07, 6.45) is -3.81. The molecule has 0 fully saturated rings. The largest absolute Gasteiger partial charge is 0.478 e. The Bertz CT molecular complexity index is 638. The second kappa shape index (κ2) is 4.76. The summed E-state index contributed by atoms with van der Waals surface area (Å²) < 4.78 is 46.8. The van der Waals surface area contributed by atoms with Crippen LogP contribution in [0, 0.1) is 12.3 Å². The van der Waals surface area contributed by atoms with Gasteiger partial charge in [-0.2, -0.15) is 13.2 Å². The lowest BCUT2D eigenvalue weighted by atomic mass is 9.69. The van der Waals surface area contributed by atoms with E-state index in [0.717, 1.165) is 11.6 Å². The van der Waals surface area contributed by atoms with E-state index < -0.39 is 28.7 Å². The Morgan fingerprint density at radius 3 is 2.27 bits per heavy atom. The molecule has 0 aliphatic carbocycles. The van der Waals surface area contributed by atoms with Crippen LogP contribution in [0.25, 0.3) is 6.08 Å². The van der Waals surface area contributed by atoms with Crippen LogP contribution >= 0.6 is 0 Å². The monoisotopic (exact) mass is 314 g/mol. The summed E-state index contributed by atoms with van der Waals surface area (Å²) in [5.74, 6) is -1.61. The van der Waals surface area contributed by atoms with Crippen molar-refractivity contribution in [1.82, 2.24) is 0 Å². The highest BCUT2D eigenvalue weighted by Crippen LogP contribution is 2.54. The van der Waals surface area contributed by atoms with Gasteiger partial charge in [-0.3, -0.25) is 0 Å². The molecule has 3 nitrogen and oxygen atoms in total. The number of carboxylic acid groups (broad SMARTS) is 1. The van der Waals surface area contributed by atoms with Gasteiger partial charge in [-0.15, -0.1) is 0 Å². The number of benzene rings is 1. The summed E-state index contributed by atoms with van der Waals surface area (Å²) in [7, 11) is 0. The van der Waals surface area contributed by atoms with Crippen molar-refractivity contribution >= 4 is 12.0 Å². The summed E-state index contributed by atoms with van der Waals surface area (Å²) >= 11 is 0. The van der Waals surface area contributed by atoms with Gasteiger partial charge in [-0.05, 0) is 25.1 Å². The van der Waals surface area contributed by atoms with Crippen LogP contribution in [0.2, 0.25) is 0 Å². The molecule has 0 amide bonds. The Morgan fingerprint density at radius 2 is 1.82 bits per heavy atom. The second-order valence-corrected chi connectivity index (χ2v) is 6.44. The van der Waals surface area contributed by atoms with Crippen LogP contribution in [0.15, 0.2) is 23.8 Å². The molecule has 0 bridgehead atoms. The molecule has 6 heteroatoms. The van der Waals surface area contributed by atoms with Crippen molar-refractivity contribution in [1.29, 1.82) is 0 Å². The first kappa shape index (κ1) is 16.4. The molecule has 0 aromatic heterocycles. The average Bonchev–Trinajstić information content (AvgIpc) is 2.34. The molecule has 1 N–H and O–H groups in total. The highest BCUT2D eigenvalue weighted by Gasteiger charge is 2.68. The zero-order valence-electron chi connectivity index (χ0n) is 12.7. The predicted molar refractivity (Wildman–Crippen MR) is 75.7 cm³/mol. The Balaban J connectivity index is 2.81. The van der Waals surface area contributed by atoms with Gasteiger partial charge in [0.15, 0.2) is 0 Å². The fourth-order valence-electron chi connectivity index (χ4n) is 2.76. The summed E-state index contributed by atoms with van der Waals surface area (Å²) in [6.45, 7) is 5.72. The lowest BCUT2D eigenvalue weighted by Gasteiger charge is -2.47. The zero-order valence-corrected chi connectivity index (χ0v) is 12.7. The van der Waals surface area contributed by atoms with E-state index in [0.29, 0.717) is 5.56 Å². The maximum Gasteiger partial charge on any atom is 0.433 e. The molecule has 22 heavy (non-hydrogen) atoms. The van der Waals surface area contributed by atoms with Crippen LogP contribution in [0.3, 0.4) is 0 Å². The maximum atomic E-state index is 13.8. The van der Waals surface area contributed by atoms with Gasteiger partial charge in [0, 0.05) is 11.0 Å². The van der Waals surface area contributed by atoms with Crippen LogP contribution in [-0.4, -0.2) is 22.9 Å². The number of alkyl halides is 3. The van der Waals surface area contributed by atoms with Gasteiger partial charge in [-0.1, -0.05) is 32.4 Å². The van der Waals surface area contributed by atoms with Crippen molar-refractivity contribution in [2.24, 2.45) is 5.41 Å². The number of ether oxygens (including phenoxy) is 1. The van der Waals surface area contributed by atoms with Crippen molar-refractivity contribution in [3.63, 3.8) is 0 Å². The number of halogens is 3. The minimum Gasteiger partial charge on any atom is -0.478 e. The molecule has 0 radical (unpaired) electrons. The Hall–Kier alpha value is -1.98. The summed E-state index contributed by atoms with van der Waals surface area (Å²) in [4.78, 5) is 11.5. The van der Waals surface area contributed by atoms with E-state index in [1.165, 1.54) is 26.8 Å². The number of hydrogen-bond donors (Lipinski definition) is 1. The number of aliphatic carboxylic acids is 1. The van der Waals surface area contributed by atoms with E-state index in [1.54, 1.807) is 19.1 Å². The Morgan fingerprint density at radius 1 is 1.23 bits per heavy atom. The number of carboxylic acids is 1. The molecule has 1 aliphatic rings. The van der Waals surface area contributed by atoms with Crippen LogP contribution in [0.4, 0.5) is 13.2 Å². The number of hydrogen-bond acceptors (Lipinski definition) is 2. The lowest BCUT2D eigenvalue weighted by Crippen LogP contribution is -2.62. The molecular weight excluding hydrogens is 297 g/mol. The zero-order chi connectivity index (χ0) is 16.9. The van der Waals surface area contributed by atoms with Gasteiger partial charge in [-0.25, -0.2) is 4.79 Å². The molecule has 1 aliphatic heterocycles. The van der Waals surface area contributed by atoms with Gasteiger partial charge in [0.25, 0.3) is 0 Å². The molecule has 1 aromatic carbocycles. The molecule has 0 saturated heterocycles. The highest BCUT2D eigenvalue weighted by atomic mass is 19.4. The van der Waals surface area contributed by atoms with Crippen LogP contribution < -0.4 is 4.74 Å². The fraction of sp³-hybridized carbons (Fsp3) is 0.438. The molecular formula is C16H17F3O3. The molecule has 1 aromatic rings. The van der Waals surface area contributed by atoms with Gasteiger partial charge in [0.05, 0.1) is 5.57 Å². The van der Waals surface area contributed by atoms with E-state index in [9.17, 15) is 23.1 Å². The van der Waals surface area contributed by atoms with Crippen LogP contribution in [0.1, 0.15) is 31.9 Å². The highest BCUT2D eigenvalue weighted by molar-refractivity contribution is 5.96. The first-order valence-electron chi connectivity index (χ1n) is 6.72. The quantitative estimate of drug-likeness (QED) is 0.845.